The van der Waals surface area contributed by atoms with Gasteiger partial charge in [0.15, 0.2) is 0 Å². The van der Waals surface area contributed by atoms with E-state index in [1.54, 1.807) is 0 Å². The summed E-state index contributed by atoms with van der Waals surface area (Å²) in [5.74, 6) is 1.21. The maximum atomic E-state index is 9.32. The molecule has 2 nitrogen and oxygen atoms in total. The quantitative estimate of drug-likeness (QED) is 0.845. The van der Waals surface area contributed by atoms with Crippen molar-refractivity contribution in [3.63, 3.8) is 0 Å². The van der Waals surface area contributed by atoms with Gasteiger partial charge in [-0.1, -0.05) is 32.0 Å². The molecule has 0 radical (unpaired) electrons. The fourth-order valence-corrected chi connectivity index (χ4v) is 1.56. The Morgan fingerprint density at radius 1 is 1.24 bits per heavy atom. The molecule has 2 heteroatoms. The Labute approximate surface area is 104 Å². The van der Waals surface area contributed by atoms with Crippen molar-refractivity contribution in [2.75, 3.05) is 6.61 Å². The Kier molecular flexibility index (Phi) is 5.23. The highest BCUT2D eigenvalue weighted by Gasteiger charge is 2.06. The van der Waals surface area contributed by atoms with Gasteiger partial charge in [-0.2, -0.15) is 0 Å². The molecule has 1 N–H and O–H groups in total. The topological polar surface area (TPSA) is 29.5 Å². The van der Waals surface area contributed by atoms with Gasteiger partial charge in [0, 0.05) is 5.56 Å². The van der Waals surface area contributed by atoms with Crippen LogP contribution in [-0.2, 0) is 0 Å². The minimum atomic E-state index is 0.0910. The van der Waals surface area contributed by atoms with Crippen LogP contribution in [0.15, 0.2) is 29.8 Å². The summed E-state index contributed by atoms with van der Waals surface area (Å²) in [5.41, 5.74) is 2.05. The number of aliphatic hydroxyl groups excluding tert-OH is 1. The van der Waals surface area contributed by atoms with Crippen molar-refractivity contribution < 1.29 is 9.84 Å². The van der Waals surface area contributed by atoms with E-state index in [9.17, 15) is 5.11 Å². The van der Waals surface area contributed by atoms with Gasteiger partial charge in [-0.15, -0.1) is 0 Å². The second kappa shape index (κ2) is 6.45. The van der Waals surface area contributed by atoms with Gasteiger partial charge in [-0.05, 0) is 37.5 Å². The average Bonchev–Trinajstić information content (AvgIpc) is 2.26. The molecular formula is C15H22O2. The van der Waals surface area contributed by atoms with Crippen molar-refractivity contribution in [1.29, 1.82) is 0 Å². The van der Waals surface area contributed by atoms with E-state index in [1.165, 1.54) is 0 Å². The van der Waals surface area contributed by atoms with Crippen LogP contribution in [-0.4, -0.2) is 17.8 Å². The SMILES string of the molecule is CC(C)Oc1ccccc1C=C(CO)C(C)C. The van der Waals surface area contributed by atoms with Crippen LogP contribution in [0.25, 0.3) is 6.08 Å². The van der Waals surface area contributed by atoms with Gasteiger partial charge >= 0.3 is 0 Å². The molecule has 0 saturated heterocycles. The first-order chi connectivity index (χ1) is 8.04. The van der Waals surface area contributed by atoms with E-state index in [2.05, 4.69) is 13.8 Å². The summed E-state index contributed by atoms with van der Waals surface area (Å²) >= 11 is 0. The summed E-state index contributed by atoms with van der Waals surface area (Å²) in [7, 11) is 0. The fourth-order valence-electron chi connectivity index (χ4n) is 1.56. The maximum Gasteiger partial charge on any atom is 0.126 e. The molecule has 0 bridgehead atoms. The van der Waals surface area contributed by atoms with Crippen LogP contribution < -0.4 is 4.74 Å². The van der Waals surface area contributed by atoms with Gasteiger partial charge < -0.3 is 9.84 Å². The molecule has 0 aliphatic rings. The molecule has 94 valence electrons. The normalized spacial score (nSPS) is 12.3. The van der Waals surface area contributed by atoms with Crippen molar-refractivity contribution in [3.8, 4) is 5.75 Å². The summed E-state index contributed by atoms with van der Waals surface area (Å²) in [4.78, 5) is 0. The second-order valence-electron chi connectivity index (χ2n) is 4.74. The van der Waals surface area contributed by atoms with Gasteiger partial charge in [0.1, 0.15) is 5.75 Å². The Balaban J connectivity index is 3.04. The molecule has 0 spiro atoms. The van der Waals surface area contributed by atoms with Crippen LogP contribution in [0, 0.1) is 5.92 Å². The number of hydrogen-bond donors (Lipinski definition) is 1. The number of benzene rings is 1. The van der Waals surface area contributed by atoms with Gasteiger partial charge in [-0.25, -0.2) is 0 Å². The standard InChI is InChI=1S/C15H22O2/c1-11(2)14(10-16)9-13-7-5-6-8-15(13)17-12(3)4/h5-9,11-12,16H,10H2,1-4H3. The molecule has 0 aromatic heterocycles. The molecule has 0 fully saturated rings. The third-order valence-corrected chi connectivity index (χ3v) is 2.55. The van der Waals surface area contributed by atoms with Crippen LogP contribution in [0.4, 0.5) is 0 Å². The van der Waals surface area contributed by atoms with E-state index in [4.69, 9.17) is 4.74 Å². The average molecular weight is 234 g/mol. The third-order valence-electron chi connectivity index (χ3n) is 2.55. The highest BCUT2D eigenvalue weighted by Crippen LogP contribution is 2.24. The van der Waals surface area contributed by atoms with Crippen LogP contribution >= 0.6 is 0 Å². The van der Waals surface area contributed by atoms with E-state index in [1.807, 2.05) is 44.2 Å². The van der Waals surface area contributed by atoms with Crippen LogP contribution in [0.5, 0.6) is 5.75 Å². The summed E-state index contributed by atoms with van der Waals surface area (Å²) in [5, 5.41) is 9.32. The van der Waals surface area contributed by atoms with Gasteiger partial charge in [-0.3, -0.25) is 0 Å². The minimum Gasteiger partial charge on any atom is -0.490 e. The van der Waals surface area contributed by atoms with Crippen molar-refractivity contribution in [1.82, 2.24) is 0 Å². The zero-order valence-electron chi connectivity index (χ0n) is 11.1. The Morgan fingerprint density at radius 3 is 2.41 bits per heavy atom. The molecule has 0 unspecified atom stereocenters. The van der Waals surface area contributed by atoms with E-state index in [0.29, 0.717) is 5.92 Å². The van der Waals surface area contributed by atoms with Crippen molar-refractivity contribution in [3.05, 3.63) is 35.4 Å². The summed E-state index contributed by atoms with van der Waals surface area (Å²) < 4.78 is 5.74. The van der Waals surface area contributed by atoms with Crippen molar-refractivity contribution >= 4 is 6.08 Å². The van der Waals surface area contributed by atoms with E-state index >= 15 is 0 Å². The number of hydrogen-bond acceptors (Lipinski definition) is 2. The predicted octanol–water partition coefficient (Wildman–Crippen LogP) is 3.51. The number of aliphatic hydroxyl groups is 1. The van der Waals surface area contributed by atoms with Crippen molar-refractivity contribution in [2.24, 2.45) is 5.92 Å². The Bertz CT molecular complexity index is 378. The highest BCUT2D eigenvalue weighted by molar-refractivity contribution is 5.60. The third kappa shape index (κ3) is 4.23. The van der Waals surface area contributed by atoms with E-state index < -0.39 is 0 Å². The molecule has 1 rings (SSSR count). The molecule has 0 saturated carbocycles. The lowest BCUT2D eigenvalue weighted by molar-refractivity contribution is 0.242. The molecule has 0 aliphatic carbocycles. The lowest BCUT2D eigenvalue weighted by atomic mass is 10.0. The largest absolute Gasteiger partial charge is 0.490 e. The summed E-state index contributed by atoms with van der Waals surface area (Å²) in [6.07, 6.45) is 2.17. The lowest BCUT2D eigenvalue weighted by Gasteiger charge is -2.14. The molecule has 1 aromatic rings. The highest BCUT2D eigenvalue weighted by atomic mass is 16.5. The first-order valence-corrected chi connectivity index (χ1v) is 6.11. The molecular weight excluding hydrogens is 212 g/mol. The van der Waals surface area contributed by atoms with Crippen LogP contribution in [0.1, 0.15) is 33.3 Å². The number of rotatable bonds is 5. The summed E-state index contributed by atoms with van der Waals surface area (Å²) in [6.45, 7) is 8.27. The first kappa shape index (κ1) is 13.8. The van der Waals surface area contributed by atoms with E-state index in [0.717, 1.165) is 16.9 Å². The van der Waals surface area contributed by atoms with Crippen molar-refractivity contribution in [2.45, 2.75) is 33.8 Å². The van der Waals surface area contributed by atoms with Gasteiger partial charge in [0.2, 0.25) is 0 Å². The summed E-state index contributed by atoms with van der Waals surface area (Å²) in [6, 6.07) is 7.91. The predicted molar refractivity (Wildman–Crippen MR) is 72.1 cm³/mol. The smallest absolute Gasteiger partial charge is 0.126 e. The second-order valence-corrected chi connectivity index (χ2v) is 4.74. The van der Waals surface area contributed by atoms with E-state index in [-0.39, 0.29) is 12.7 Å². The Hall–Kier alpha value is -1.28. The molecule has 0 aliphatic heterocycles. The monoisotopic (exact) mass is 234 g/mol. The molecule has 0 amide bonds. The number of ether oxygens (including phenoxy) is 1. The molecule has 17 heavy (non-hydrogen) atoms. The molecule has 0 atom stereocenters. The number of para-hydroxylation sites is 1. The van der Waals surface area contributed by atoms with Crippen LogP contribution in [0.3, 0.4) is 0 Å². The zero-order valence-corrected chi connectivity index (χ0v) is 11.1. The van der Waals surface area contributed by atoms with Gasteiger partial charge in [0.25, 0.3) is 0 Å². The Morgan fingerprint density at radius 2 is 1.88 bits per heavy atom. The van der Waals surface area contributed by atoms with Crippen LogP contribution in [0.2, 0.25) is 0 Å². The lowest BCUT2D eigenvalue weighted by Crippen LogP contribution is -2.07. The fraction of sp³-hybridized carbons (Fsp3) is 0.467. The molecule has 0 heterocycles. The molecule has 1 aromatic carbocycles. The maximum absolute atomic E-state index is 9.32. The zero-order chi connectivity index (χ0) is 12.8. The first-order valence-electron chi connectivity index (χ1n) is 6.11. The van der Waals surface area contributed by atoms with Gasteiger partial charge in [0.05, 0.1) is 12.7 Å². The minimum absolute atomic E-state index is 0.0910.